The van der Waals surface area contributed by atoms with Gasteiger partial charge in [-0.05, 0) is 47.0 Å². The van der Waals surface area contributed by atoms with E-state index in [0.717, 1.165) is 16.7 Å². The molecule has 1 unspecified atom stereocenters. The SMILES string of the molecule is NS(=O)(=O)c1ccc(CNC(=O)c2ccc3c(c2)CC(c2ccccc2)OC3=O)cc1. The van der Waals surface area contributed by atoms with Crippen LogP contribution in [0.4, 0.5) is 0 Å². The molecule has 3 N–H and O–H groups in total. The first kappa shape index (κ1) is 20.8. The fourth-order valence-corrected chi connectivity index (χ4v) is 3.99. The molecular formula is C23H20N2O5S. The number of fused-ring (bicyclic) bond motifs is 1. The number of rotatable bonds is 5. The van der Waals surface area contributed by atoms with Crippen LogP contribution in [0.15, 0.2) is 77.7 Å². The highest BCUT2D eigenvalue weighted by Gasteiger charge is 2.28. The van der Waals surface area contributed by atoms with Crippen molar-refractivity contribution in [2.45, 2.75) is 24.0 Å². The van der Waals surface area contributed by atoms with Crippen molar-refractivity contribution in [2.75, 3.05) is 0 Å². The predicted octanol–water partition coefficient (Wildman–Crippen LogP) is 2.72. The minimum atomic E-state index is -3.76. The third kappa shape index (κ3) is 4.65. The third-order valence-corrected chi connectivity index (χ3v) is 6.05. The number of esters is 1. The van der Waals surface area contributed by atoms with E-state index < -0.39 is 22.1 Å². The highest BCUT2D eigenvalue weighted by Crippen LogP contribution is 2.31. The molecule has 1 atom stereocenters. The summed E-state index contributed by atoms with van der Waals surface area (Å²) in [6.45, 7) is 0.218. The van der Waals surface area contributed by atoms with Gasteiger partial charge in [0.1, 0.15) is 6.10 Å². The molecule has 0 saturated heterocycles. The minimum absolute atomic E-state index is 0.0112. The molecular weight excluding hydrogens is 416 g/mol. The van der Waals surface area contributed by atoms with Crippen LogP contribution in [0.1, 0.15) is 43.5 Å². The van der Waals surface area contributed by atoms with Crippen LogP contribution >= 0.6 is 0 Å². The van der Waals surface area contributed by atoms with Gasteiger partial charge in [-0.25, -0.2) is 18.4 Å². The Kier molecular flexibility index (Phi) is 5.58. The summed E-state index contributed by atoms with van der Waals surface area (Å²) >= 11 is 0. The third-order valence-electron chi connectivity index (χ3n) is 5.12. The lowest BCUT2D eigenvalue weighted by atomic mass is 9.93. The van der Waals surface area contributed by atoms with Crippen LogP contribution in [-0.2, 0) is 27.7 Å². The second-order valence-corrected chi connectivity index (χ2v) is 8.81. The number of hydrogen-bond donors (Lipinski definition) is 2. The summed E-state index contributed by atoms with van der Waals surface area (Å²) in [6, 6.07) is 20.4. The molecule has 8 heteroatoms. The van der Waals surface area contributed by atoms with Crippen LogP contribution in [0.5, 0.6) is 0 Å². The molecule has 0 bridgehead atoms. The molecule has 4 rings (SSSR count). The van der Waals surface area contributed by atoms with Crippen molar-refractivity contribution >= 4 is 21.9 Å². The Labute approximate surface area is 179 Å². The van der Waals surface area contributed by atoms with Gasteiger partial charge in [0.25, 0.3) is 5.91 Å². The Hall–Kier alpha value is -3.49. The van der Waals surface area contributed by atoms with E-state index in [1.54, 1.807) is 30.3 Å². The zero-order chi connectivity index (χ0) is 22.0. The van der Waals surface area contributed by atoms with Crippen LogP contribution < -0.4 is 10.5 Å². The van der Waals surface area contributed by atoms with E-state index in [-0.39, 0.29) is 17.3 Å². The van der Waals surface area contributed by atoms with Crippen LogP contribution in [0, 0.1) is 0 Å². The van der Waals surface area contributed by atoms with Gasteiger partial charge < -0.3 is 10.1 Å². The standard InChI is InChI=1S/C23H20N2O5S/c24-31(28,29)19-9-6-15(7-10-19)14-25-22(26)17-8-11-20-18(12-17)13-21(30-23(20)27)16-4-2-1-3-5-16/h1-12,21H,13-14H2,(H,25,26)(H2,24,28,29). The van der Waals surface area contributed by atoms with Gasteiger partial charge in [0.2, 0.25) is 10.0 Å². The second-order valence-electron chi connectivity index (χ2n) is 7.25. The molecule has 0 spiro atoms. The number of carbonyl (C=O) groups excluding carboxylic acids is 2. The van der Waals surface area contributed by atoms with Crippen LogP contribution in [0.2, 0.25) is 0 Å². The molecule has 1 heterocycles. The number of amides is 1. The van der Waals surface area contributed by atoms with E-state index in [2.05, 4.69) is 5.32 Å². The fourth-order valence-electron chi connectivity index (χ4n) is 3.47. The molecule has 3 aromatic rings. The average molecular weight is 436 g/mol. The molecule has 0 saturated carbocycles. The summed E-state index contributed by atoms with van der Waals surface area (Å²) in [5.41, 5.74) is 3.28. The maximum Gasteiger partial charge on any atom is 0.339 e. The molecule has 1 aliphatic heterocycles. The molecule has 7 nitrogen and oxygen atoms in total. The number of carbonyl (C=O) groups is 2. The predicted molar refractivity (Wildman–Crippen MR) is 114 cm³/mol. The van der Waals surface area contributed by atoms with Crippen molar-refractivity contribution in [3.8, 4) is 0 Å². The highest BCUT2D eigenvalue weighted by atomic mass is 32.2. The molecule has 0 aromatic heterocycles. The van der Waals surface area contributed by atoms with E-state index in [0.29, 0.717) is 17.5 Å². The zero-order valence-electron chi connectivity index (χ0n) is 16.4. The highest BCUT2D eigenvalue weighted by molar-refractivity contribution is 7.89. The van der Waals surface area contributed by atoms with Gasteiger partial charge in [0.05, 0.1) is 10.5 Å². The van der Waals surface area contributed by atoms with Crippen LogP contribution in [-0.4, -0.2) is 20.3 Å². The summed E-state index contributed by atoms with van der Waals surface area (Å²) in [5, 5.41) is 7.89. The van der Waals surface area contributed by atoms with Crippen molar-refractivity contribution in [3.05, 3.63) is 101 Å². The van der Waals surface area contributed by atoms with E-state index >= 15 is 0 Å². The van der Waals surface area contributed by atoms with Crippen molar-refractivity contribution in [2.24, 2.45) is 5.14 Å². The zero-order valence-corrected chi connectivity index (χ0v) is 17.3. The van der Waals surface area contributed by atoms with Crippen molar-refractivity contribution < 1.29 is 22.7 Å². The smallest absolute Gasteiger partial charge is 0.339 e. The summed E-state index contributed by atoms with van der Waals surface area (Å²) in [4.78, 5) is 25.0. The first-order valence-corrected chi connectivity index (χ1v) is 11.1. The Bertz CT molecular complexity index is 1240. The van der Waals surface area contributed by atoms with Crippen LogP contribution in [0.25, 0.3) is 0 Å². The topological polar surface area (TPSA) is 116 Å². The monoisotopic (exact) mass is 436 g/mol. The quantitative estimate of drug-likeness (QED) is 0.597. The van der Waals surface area contributed by atoms with E-state index in [1.807, 2.05) is 30.3 Å². The number of primary sulfonamides is 1. The Morgan fingerprint density at radius 3 is 2.42 bits per heavy atom. The Morgan fingerprint density at radius 2 is 1.74 bits per heavy atom. The number of benzene rings is 3. The van der Waals surface area contributed by atoms with Gasteiger partial charge in [-0.3, -0.25) is 4.79 Å². The molecule has 1 amide bonds. The molecule has 0 fully saturated rings. The van der Waals surface area contributed by atoms with Crippen molar-refractivity contribution in [1.29, 1.82) is 0 Å². The van der Waals surface area contributed by atoms with E-state index in [4.69, 9.17) is 9.88 Å². The lowest BCUT2D eigenvalue weighted by Crippen LogP contribution is -2.25. The summed E-state index contributed by atoms with van der Waals surface area (Å²) in [5.74, 6) is -0.703. The Morgan fingerprint density at radius 1 is 1.03 bits per heavy atom. The van der Waals surface area contributed by atoms with Gasteiger partial charge >= 0.3 is 5.97 Å². The first-order valence-electron chi connectivity index (χ1n) is 9.60. The summed E-state index contributed by atoms with van der Waals surface area (Å²) < 4.78 is 28.2. The van der Waals surface area contributed by atoms with Gasteiger partial charge in [-0.1, -0.05) is 42.5 Å². The second kappa shape index (κ2) is 8.33. The first-order chi connectivity index (χ1) is 14.8. The van der Waals surface area contributed by atoms with Gasteiger partial charge in [0.15, 0.2) is 0 Å². The molecule has 0 aliphatic carbocycles. The largest absolute Gasteiger partial charge is 0.454 e. The molecule has 1 aliphatic rings. The van der Waals surface area contributed by atoms with Gasteiger partial charge in [0, 0.05) is 18.5 Å². The summed E-state index contributed by atoms with van der Waals surface area (Å²) in [7, 11) is -3.76. The van der Waals surface area contributed by atoms with E-state index in [1.165, 1.54) is 12.1 Å². The molecule has 3 aromatic carbocycles. The number of hydrogen-bond acceptors (Lipinski definition) is 5. The van der Waals surface area contributed by atoms with Crippen molar-refractivity contribution in [3.63, 3.8) is 0 Å². The minimum Gasteiger partial charge on any atom is -0.454 e. The normalized spacial score (nSPS) is 15.6. The number of nitrogens with two attached hydrogens (primary N) is 1. The maximum atomic E-state index is 12.6. The number of sulfonamides is 1. The number of ether oxygens (including phenoxy) is 1. The lowest BCUT2D eigenvalue weighted by Gasteiger charge is -2.25. The molecule has 158 valence electrons. The van der Waals surface area contributed by atoms with Crippen LogP contribution in [0.3, 0.4) is 0 Å². The lowest BCUT2D eigenvalue weighted by molar-refractivity contribution is 0.0252. The van der Waals surface area contributed by atoms with E-state index in [9.17, 15) is 18.0 Å². The maximum absolute atomic E-state index is 12.6. The van der Waals surface area contributed by atoms with Gasteiger partial charge in [-0.15, -0.1) is 0 Å². The Balaban J connectivity index is 1.47. The number of nitrogens with one attached hydrogen (secondary N) is 1. The van der Waals surface area contributed by atoms with Gasteiger partial charge in [-0.2, -0.15) is 0 Å². The van der Waals surface area contributed by atoms with Crippen molar-refractivity contribution in [1.82, 2.24) is 5.32 Å². The molecule has 31 heavy (non-hydrogen) atoms. The summed E-state index contributed by atoms with van der Waals surface area (Å²) in [6.07, 6.45) is 0.0955. The average Bonchev–Trinajstić information content (AvgIpc) is 2.77. The molecule has 0 radical (unpaired) electrons. The number of cyclic esters (lactones) is 1. The fraction of sp³-hybridized carbons (Fsp3) is 0.130.